The van der Waals surface area contributed by atoms with Crippen LogP contribution in [0.2, 0.25) is 0 Å². The lowest BCUT2D eigenvalue weighted by Crippen LogP contribution is -2.16. The van der Waals surface area contributed by atoms with Crippen LogP contribution in [0.1, 0.15) is 77.8 Å². The van der Waals surface area contributed by atoms with Crippen LogP contribution in [0.4, 0.5) is 0 Å². The molecule has 1 N–H and O–H groups in total. The largest absolute Gasteiger partial charge is 0.478 e. The van der Waals surface area contributed by atoms with Gasteiger partial charge in [0.25, 0.3) is 0 Å². The van der Waals surface area contributed by atoms with E-state index in [0.29, 0.717) is 35.3 Å². The highest BCUT2D eigenvalue weighted by Gasteiger charge is 2.43. The molecule has 0 aliphatic heterocycles. The molecule has 4 nitrogen and oxygen atoms in total. The summed E-state index contributed by atoms with van der Waals surface area (Å²) in [5.41, 5.74) is 3.23. The van der Waals surface area contributed by atoms with Gasteiger partial charge < -0.3 is 9.52 Å². The lowest BCUT2D eigenvalue weighted by Gasteiger charge is -2.13. The Morgan fingerprint density at radius 2 is 1.83 bits per heavy atom. The third kappa shape index (κ3) is 3.48. The van der Waals surface area contributed by atoms with Gasteiger partial charge in [-0.2, -0.15) is 0 Å². The summed E-state index contributed by atoms with van der Waals surface area (Å²) in [6.07, 6.45) is 4.02. The van der Waals surface area contributed by atoms with Gasteiger partial charge in [-0.3, -0.25) is 4.79 Å². The molecule has 150 valence electrons. The normalized spacial score (nSPS) is 18.1. The summed E-state index contributed by atoms with van der Waals surface area (Å²) in [5, 5.41) is 9.98. The summed E-state index contributed by atoms with van der Waals surface area (Å²) >= 11 is 0. The summed E-state index contributed by atoms with van der Waals surface area (Å²) in [7, 11) is 0. The molecular formula is C25H26O4. The maximum Gasteiger partial charge on any atom is 0.335 e. The van der Waals surface area contributed by atoms with E-state index >= 15 is 0 Å². The molecule has 1 aromatic heterocycles. The maximum absolute atomic E-state index is 13.5. The van der Waals surface area contributed by atoms with Crippen molar-refractivity contribution in [2.75, 3.05) is 0 Å². The predicted molar refractivity (Wildman–Crippen MR) is 114 cm³/mol. The second-order valence-electron chi connectivity index (χ2n) is 7.86. The van der Waals surface area contributed by atoms with E-state index in [-0.39, 0.29) is 16.9 Å². The molecule has 4 rings (SSSR count). The van der Waals surface area contributed by atoms with Gasteiger partial charge in [0, 0.05) is 11.5 Å². The van der Waals surface area contributed by atoms with Crippen LogP contribution in [0, 0.1) is 0 Å². The van der Waals surface area contributed by atoms with Crippen molar-refractivity contribution in [2.45, 2.75) is 57.8 Å². The second kappa shape index (κ2) is 7.86. The van der Waals surface area contributed by atoms with Crippen molar-refractivity contribution in [3.63, 3.8) is 0 Å². The number of aromatic carboxylic acids is 1. The van der Waals surface area contributed by atoms with Gasteiger partial charge in [-0.15, -0.1) is 0 Å². The number of benzene rings is 2. The van der Waals surface area contributed by atoms with Crippen LogP contribution in [0.25, 0.3) is 11.0 Å². The fourth-order valence-corrected chi connectivity index (χ4v) is 4.41. The molecule has 2 aromatic carbocycles. The van der Waals surface area contributed by atoms with E-state index in [0.717, 1.165) is 30.6 Å². The van der Waals surface area contributed by atoms with Crippen molar-refractivity contribution in [3.8, 4) is 0 Å². The topological polar surface area (TPSA) is 67.5 Å². The Kier molecular flexibility index (Phi) is 5.27. The lowest BCUT2D eigenvalue weighted by atomic mass is 9.95. The monoisotopic (exact) mass is 390 g/mol. The molecule has 0 bridgehead atoms. The van der Waals surface area contributed by atoms with Crippen LogP contribution in [0.3, 0.4) is 0 Å². The average Bonchev–Trinajstić information content (AvgIpc) is 3.53. The first-order valence-corrected chi connectivity index (χ1v) is 10.5. The van der Waals surface area contributed by atoms with Gasteiger partial charge in [0.05, 0.1) is 10.9 Å². The minimum absolute atomic E-state index is 0.0478. The summed E-state index contributed by atoms with van der Waals surface area (Å²) in [5.74, 6) is 0.385. The minimum atomic E-state index is -1.01. The first-order chi connectivity index (χ1) is 14.1. The third-order valence-electron chi connectivity index (χ3n) is 6.01. The van der Waals surface area contributed by atoms with E-state index in [1.807, 2.05) is 25.1 Å². The van der Waals surface area contributed by atoms with Crippen molar-refractivity contribution < 1.29 is 14.3 Å². The highest BCUT2D eigenvalue weighted by molar-refractivity contribution is 5.96. The standard InChI is InChI=1S/C25H26O4/c1-3-5-11-18-23(26)22-16(4-2)17(25(27)28)12-13-21(22)29-24(18)20-14-19(20)15-9-7-6-8-10-15/h6-10,12-13,19-20H,3-5,11,14H2,1-2H3,(H,27,28). The Hall–Kier alpha value is -2.88. The number of aryl methyl sites for hydroxylation is 1. The quantitative estimate of drug-likeness (QED) is 0.565. The van der Waals surface area contributed by atoms with Crippen LogP contribution < -0.4 is 5.43 Å². The Morgan fingerprint density at radius 3 is 2.48 bits per heavy atom. The van der Waals surface area contributed by atoms with Gasteiger partial charge in [-0.05, 0) is 54.9 Å². The van der Waals surface area contributed by atoms with Gasteiger partial charge in [-0.1, -0.05) is 50.6 Å². The molecule has 0 amide bonds. The number of rotatable bonds is 7. The van der Waals surface area contributed by atoms with E-state index in [1.165, 1.54) is 5.56 Å². The van der Waals surface area contributed by atoms with Crippen molar-refractivity contribution in [2.24, 2.45) is 0 Å². The molecule has 0 saturated heterocycles. The molecule has 1 fully saturated rings. The molecule has 3 aromatic rings. The van der Waals surface area contributed by atoms with E-state index in [2.05, 4.69) is 19.1 Å². The summed E-state index contributed by atoms with van der Waals surface area (Å²) < 4.78 is 6.33. The molecule has 1 aliphatic carbocycles. The third-order valence-corrected chi connectivity index (χ3v) is 6.01. The van der Waals surface area contributed by atoms with Gasteiger partial charge in [-0.25, -0.2) is 4.79 Å². The number of carboxylic acids is 1. The molecule has 0 spiro atoms. The Bertz CT molecular complexity index is 1110. The zero-order valence-corrected chi connectivity index (χ0v) is 16.9. The van der Waals surface area contributed by atoms with Crippen LogP contribution in [0.15, 0.2) is 51.7 Å². The maximum atomic E-state index is 13.5. The van der Waals surface area contributed by atoms with E-state index in [9.17, 15) is 14.7 Å². The number of carbonyl (C=O) groups is 1. The van der Waals surface area contributed by atoms with Crippen molar-refractivity contribution >= 4 is 16.9 Å². The summed E-state index contributed by atoms with van der Waals surface area (Å²) in [6, 6.07) is 13.6. The fraction of sp³-hybridized carbons (Fsp3) is 0.360. The van der Waals surface area contributed by atoms with Gasteiger partial charge in [0.2, 0.25) is 0 Å². The van der Waals surface area contributed by atoms with Gasteiger partial charge >= 0.3 is 5.97 Å². The molecule has 0 radical (unpaired) electrons. The molecule has 1 saturated carbocycles. The number of unbranched alkanes of at least 4 members (excludes halogenated alkanes) is 1. The van der Waals surface area contributed by atoms with E-state index in [4.69, 9.17) is 4.42 Å². The molecule has 4 heteroatoms. The molecule has 1 aliphatic rings. The lowest BCUT2D eigenvalue weighted by molar-refractivity contribution is 0.0696. The van der Waals surface area contributed by atoms with Crippen LogP contribution in [0.5, 0.6) is 0 Å². The minimum Gasteiger partial charge on any atom is -0.478 e. The first-order valence-electron chi connectivity index (χ1n) is 10.5. The molecule has 29 heavy (non-hydrogen) atoms. The Labute approximate surface area is 170 Å². The predicted octanol–water partition coefficient (Wildman–Crippen LogP) is 5.67. The van der Waals surface area contributed by atoms with Crippen LogP contribution >= 0.6 is 0 Å². The summed E-state index contributed by atoms with van der Waals surface area (Å²) in [6.45, 7) is 3.98. The highest BCUT2D eigenvalue weighted by atomic mass is 16.4. The number of hydrogen-bond donors (Lipinski definition) is 1. The van der Waals surface area contributed by atoms with Crippen molar-refractivity contribution in [1.82, 2.24) is 0 Å². The zero-order chi connectivity index (χ0) is 20.5. The van der Waals surface area contributed by atoms with Gasteiger partial charge in [0.15, 0.2) is 5.43 Å². The van der Waals surface area contributed by atoms with E-state index < -0.39 is 5.97 Å². The highest BCUT2D eigenvalue weighted by Crippen LogP contribution is 2.55. The second-order valence-corrected chi connectivity index (χ2v) is 7.86. The van der Waals surface area contributed by atoms with Crippen LogP contribution in [-0.2, 0) is 12.8 Å². The van der Waals surface area contributed by atoms with Crippen molar-refractivity contribution in [1.29, 1.82) is 0 Å². The fourth-order valence-electron chi connectivity index (χ4n) is 4.41. The number of carboxylic acid groups (broad SMARTS) is 1. The van der Waals surface area contributed by atoms with Crippen molar-refractivity contribution in [3.05, 3.63) is 80.7 Å². The Morgan fingerprint density at radius 1 is 1.07 bits per heavy atom. The Balaban J connectivity index is 1.88. The molecule has 2 atom stereocenters. The van der Waals surface area contributed by atoms with Crippen LogP contribution in [-0.4, -0.2) is 11.1 Å². The summed E-state index contributed by atoms with van der Waals surface area (Å²) in [4.78, 5) is 25.2. The zero-order valence-electron chi connectivity index (χ0n) is 16.9. The smallest absolute Gasteiger partial charge is 0.335 e. The molecule has 1 heterocycles. The number of fused-ring (bicyclic) bond motifs is 1. The van der Waals surface area contributed by atoms with Gasteiger partial charge in [0.1, 0.15) is 11.3 Å². The first kappa shape index (κ1) is 19.4. The molecular weight excluding hydrogens is 364 g/mol. The SMILES string of the molecule is CCCCc1c(C2CC2c2ccccc2)oc2ccc(C(=O)O)c(CC)c2c1=O. The average molecular weight is 390 g/mol. The molecule has 2 unspecified atom stereocenters. The van der Waals surface area contributed by atoms with E-state index in [1.54, 1.807) is 12.1 Å². The number of hydrogen-bond acceptors (Lipinski definition) is 3.